The number of nitrogens with one attached hydrogen (secondary N) is 1. The average molecular weight is 251 g/mol. The van der Waals surface area contributed by atoms with E-state index in [1.165, 1.54) is 0 Å². The molecule has 0 aliphatic heterocycles. The van der Waals surface area contributed by atoms with E-state index in [0.717, 1.165) is 17.2 Å². The molecule has 0 atom stereocenters. The zero-order chi connectivity index (χ0) is 13.1. The van der Waals surface area contributed by atoms with Crippen LogP contribution in [-0.4, -0.2) is 14.9 Å². The summed E-state index contributed by atoms with van der Waals surface area (Å²) in [5, 5.41) is 16.9. The first-order chi connectivity index (χ1) is 9.31. The zero-order valence-electron chi connectivity index (χ0n) is 10.2. The zero-order valence-corrected chi connectivity index (χ0v) is 10.2. The highest BCUT2D eigenvalue weighted by Gasteiger charge is 2.01. The summed E-state index contributed by atoms with van der Waals surface area (Å²) in [6.07, 6.45) is 1.87. The minimum atomic E-state index is 0.249. The van der Waals surface area contributed by atoms with Crippen LogP contribution in [0.1, 0.15) is 0 Å². The molecule has 3 rings (SSSR count). The Morgan fingerprint density at radius 2 is 1.63 bits per heavy atom. The SMILES string of the molecule is Oc1ccc(-n2ccc(Nc3ccccc3)n2)cc1. The van der Waals surface area contributed by atoms with Crippen molar-refractivity contribution in [2.45, 2.75) is 0 Å². The quantitative estimate of drug-likeness (QED) is 0.750. The van der Waals surface area contributed by atoms with Gasteiger partial charge in [0.2, 0.25) is 0 Å². The maximum Gasteiger partial charge on any atom is 0.152 e. The lowest BCUT2D eigenvalue weighted by Gasteiger charge is -2.03. The number of para-hydroxylation sites is 1. The van der Waals surface area contributed by atoms with Crippen LogP contribution < -0.4 is 5.32 Å². The van der Waals surface area contributed by atoms with E-state index < -0.39 is 0 Å². The Bertz CT molecular complexity index is 659. The lowest BCUT2D eigenvalue weighted by Crippen LogP contribution is -1.96. The van der Waals surface area contributed by atoms with Crippen LogP contribution in [0.2, 0.25) is 0 Å². The van der Waals surface area contributed by atoms with Gasteiger partial charge in [-0.15, -0.1) is 0 Å². The predicted octanol–water partition coefficient (Wildman–Crippen LogP) is 3.32. The number of nitrogens with zero attached hydrogens (tertiary/aromatic N) is 2. The highest BCUT2D eigenvalue weighted by Crippen LogP contribution is 2.17. The van der Waals surface area contributed by atoms with E-state index in [2.05, 4.69) is 10.4 Å². The average Bonchev–Trinajstić information content (AvgIpc) is 2.89. The number of anilines is 2. The van der Waals surface area contributed by atoms with Gasteiger partial charge in [0, 0.05) is 18.0 Å². The number of phenols is 1. The molecule has 2 N–H and O–H groups in total. The van der Waals surface area contributed by atoms with Gasteiger partial charge in [0.15, 0.2) is 5.82 Å². The molecule has 19 heavy (non-hydrogen) atoms. The van der Waals surface area contributed by atoms with Crippen molar-refractivity contribution >= 4 is 11.5 Å². The Balaban J connectivity index is 1.82. The number of hydrogen-bond donors (Lipinski definition) is 2. The molecule has 0 aliphatic carbocycles. The fraction of sp³-hybridized carbons (Fsp3) is 0. The minimum absolute atomic E-state index is 0.249. The van der Waals surface area contributed by atoms with Crippen molar-refractivity contribution in [1.29, 1.82) is 0 Å². The number of phenolic OH excluding ortho intramolecular Hbond substituents is 1. The summed E-state index contributed by atoms with van der Waals surface area (Å²) >= 11 is 0. The maximum atomic E-state index is 9.26. The third-order valence-corrected chi connectivity index (χ3v) is 2.75. The fourth-order valence-electron chi connectivity index (χ4n) is 1.81. The normalized spacial score (nSPS) is 10.3. The Morgan fingerprint density at radius 3 is 2.37 bits per heavy atom. The third-order valence-electron chi connectivity index (χ3n) is 2.75. The maximum absolute atomic E-state index is 9.26. The number of rotatable bonds is 3. The van der Waals surface area contributed by atoms with Gasteiger partial charge in [-0.3, -0.25) is 0 Å². The van der Waals surface area contributed by atoms with E-state index in [-0.39, 0.29) is 5.75 Å². The number of hydrogen-bond acceptors (Lipinski definition) is 3. The van der Waals surface area contributed by atoms with Crippen molar-refractivity contribution in [3.05, 3.63) is 66.9 Å². The minimum Gasteiger partial charge on any atom is -0.508 e. The van der Waals surface area contributed by atoms with Gasteiger partial charge in [-0.05, 0) is 36.4 Å². The van der Waals surface area contributed by atoms with E-state index in [4.69, 9.17) is 0 Å². The van der Waals surface area contributed by atoms with E-state index in [0.29, 0.717) is 0 Å². The van der Waals surface area contributed by atoms with Gasteiger partial charge in [-0.1, -0.05) is 18.2 Å². The molecule has 0 aliphatic rings. The summed E-state index contributed by atoms with van der Waals surface area (Å²) in [5.74, 6) is 1.03. The molecule has 1 heterocycles. The molecular weight excluding hydrogens is 238 g/mol. The van der Waals surface area contributed by atoms with Crippen molar-refractivity contribution in [3.63, 3.8) is 0 Å². The van der Waals surface area contributed by atoms with Crippen LogP contribution in [0.5, 0.6) is 5.75 Å². The second-order valence-corrected chi connectivity index (χ2v) is 4.15. The van der Waals surface area contributed by atoms with Crippen LogP contribution in [-0.2, 0) is 0 Å². The first kappa shape index (κ1) is 11.3. The highest BCUT2D eigenvalue weighted by atomic mass is 16.3. The van der Waals surface area contributed by atoms with Gasteiger partial charge in [0.1, 0.15) is 5.75 Å². The van der Waals surface area contributed by atoms with Crippen LogP contribution in [0, 0.1) is 0 Å². The molecule has 4 heteroatoms. The lowest BCUT2D eigenvalue weighted by atomic mass is 10.3. The standard InChI is InChI=1S/C15H13N3O/c19-14-8-6-13(7-9-14)18-11-10-15(17-18)16-12-4-2-1-3-5-12/h1-11,19H,(H,16,17). The smallest absolute Gasteiger partial charge is 0.152 e. The van der Waals surface area contributed by atoms with Crippen LogP contribution >= 0.6 is 0 Å². The summed E-state index contributed by atoms with van der Waals surface area (Å²) in [7, 11) is 0. The molecular formula is C15H13N3O. The first-order valence-corrected chi connectivity index (χ1v) is 5.98. The molecule has 1 aromatic heterocycles. The number of benzene rings is 2. The number of aromatic hydroxyl groups is 1. The van der Waals surface area contributed by atoms with Crippen LogP contribution in [0.4, 0.5) is 11.5 Å². The van der Waals surface area contributed by atoms with Gasteiger partial charge in [0.05, 0.1) is 5.69 Å². The van der Waals surface area contributed by atoms with Crippen molar-refractivity contribution in [2.75, 3.05) is 5.32 Å². The molecule has 0 saturated heterocycles. The highest BCUT2D eigenvalue weighted by molar-refractivity contribution is 5.55. The monoisotopic (exact) mass is 251 g/mol. The van der Waals surface area contributed by atoms with Crippen LogP contribution in [0.3, 0.4) is 0 Å². The molecule has 3 aromatic rings. The van der Waals surface area contributed by atoms with Gasteiger partial charge < -0.3 is 10.4 Å². The van der Waals surface area contributed by atoms with Gasteiger partial charge >= 0.3 is 0 Å². The molecule has 0 fully saturated rings. The summed E-state index contributed by atoms with van der Waals surface area (Å²) in [6, 6.07) is 18.7. The molecule has 0 bridgehead atoms. The summed E-state index contributed by atoms with van der Waals surface area (Å²) in [5.41, 5.74) is 1.90. The van der Waals surface area contributed by atoms with E-state index >= 15 is 0 Å². The Labute approximate surface area is 110 Å². The molecule has 0 radical (unpaired) electrons. The summed E-state index contributed by atoms with van der Waals surface area (Å²) in [4.78, 5) is 0. The Morgan fingerprint density at radius 1 is 0.895 bits per heavy atom. The van der Waals surface area contributed by atoms with Crippen molar-refractivity contribution in [1.82, 2.24) is 9.78 Å². The molecule has 2 aromatic carbocycles. The molecule has 0 amide bonds. The molecule has 4 nitrogen and oxygen atoms in total. The van der Waals surface area contributed by atoms with E-state index in [1.54, 1.807) is 16.8 Å². The van der Waals surface area contributed by atoms with Gasteiger partial charge in [-0.2, -0.15) is 5.10 Å². The second kappa shape index (κ2) is 4.86. The topological polar surface area (TPSA) is 50.1 Å². The third kappa shape index (κ3) is 2.57. The first-order valence-electron chi connectivity index (χ1n) is 5.98. The van der Waals surface area contributed by atoms with Crippen LogP contribution in [0.15, 0.2) is 66.9 Å². The Hall–Kier alpha value is -2.75. The second-order valence-electron chi connectivity index (χ2n) is 4.15. The van der Waals surface area contributed by atoms with Crippen LogP contribution in [0.25, 0.3) is 5.69 Å². The number of aromatic nitrogens is 2. The molecule has 0 saturated carbocycles. The lowest BCUT2D eigenvalue weighted by molar-refractivity contribution is 0.475. The van der Waals surface area contributed by atoms with Crippen molar-refractivity contribution in [2.24, 2.45) is 0 Å². The molecule has 0 unspecified atom stereocenters. The Kier molecular flexibility index (Phi) is 2.90. The van der Waals surface area contributed by atoms with Crippen molar-refractivity contribution < 1.29 is 5.11 Å². The summed E-state index contributed by atoms with van der Waals surface area (Å²) < 4.78 is 1.75. The fourth-order valence-corrected chi connectivity index (χ4v) is 1.81. The summed E-state index contributed by atoms with van der Waals surface area (Å²) in [6.45, 7) is 0. The van der Waals surface area contributed by atoms with Crippen molar-refractivity contribution in [3.8, 4) is 11.4 Å². The van der Waals surface area contributed by atoms with Gasteiger partial charge in [-0.25, -0.2) is 4.68 Å². The molecule has 0 spiro atoms. The van der Waals surface area contributed by atoms with E-state index in [9.17, 15) is 5.11 Å². The predicted molar refractivity (Wildman–Crippen MR) is 75.0 cm³/mol. The van der Waals surface area contributed by atoms with Gasteiger partial charge in [0.25, 0.3) is 0 Å². The molecule has 94 valence electrons. The van der Waals surface area contributed by atoms with E-state index in [1.807, 2.05) is 54.7 Å². The largest absolute Gasteiger partial charge is 0.508 e.